The molecule has 0 fully saturated rings. The molecule has 0 bridgehead atoms. The van der Waals surface area contributed by atoms with Crippen LogP contribution in [0.1, 0.15) is 38.8 Å². The van der Waals surface area contributed by atoms with Crippen molar-refractivity contribution in [3.63, 3.8) is 0 Å². The average molecular weight is 203 g/mol. The van der Waals surface area contributed by atoms with Gasteiger partial charge in [0.25, 0.3) is 0 Å². The van der Waals surface area contributed by atoms with Crippen molar-refractivity contribution >= 4 is 12.3 Å². The molecular weight excluding hydrogens is 194 g/mol. The normalized spacial score (nSPS) is 9.33. The summed E-state index contributed by atoms with van der Waals surface area (Å²) in [4.78, 5) is 21.6. The number of nitriles is 1. The van der Waals surface area contributed by atoms with E-state index in [1.165, 1.54) is 12.1 Å². The quantitative estimate of drug-likeness (QED) is 0.757. The molecule has 0 spiro atoms. The summed E-state index contributed by atoms with van der Waals surface area (Å²) in [5.41, 5.74) is 0.954. The number of hydrogen-bond donors (Lipinski definition) is 1. The van der Waals surface area contributed by atoms with Crippen molar-refractivity contribution in [3.8, 4) is 6.07 Å². The second kappa shape index (κ2) is 4.38. The van der Waals surface area contributed by atoms with Crippen LogP contribution in [0, 0.1) is 11.3 Å². The van der Waals surface area contributed by atoms with E-state index in [0.29, 0.717) is 18.3 Å². The fourth-order valence-corrected chi connectivity index (χ4v) is 1.45. The van der Waals surface area contributed by atoms with Crippen LogP contribution in [0.15, 0.2) is 12.1 Å². The predicted octanol–water partition coefficient (Wildman–Crippen LogP) is 1.63. The fourth-order valence-electron chi connectivity index (χ4n) is 1.45. The lowest BCUT2D eigenvalue weighted by Gasteiger charge is -2.06. The maximum absolute atomic E-state index is 10.9. The highest BCUT2D eigenvalue weighted by Crippen LogP contribution is 2.17. The maximum atomic E-state index is 10.9. The molecule has 0 aliphatic carbocycles. The Balaban J connectivity index is 3.54. The Morgan fingerprint density at radius 3 is 2.67 bits per heavy atom. The predicted molar refractivity (Wildman–Crippen MR) is 52.9 cm³/mol. The van der Waals surface area contributed by atoms with Gasteiger partial charge in [-0.1, -0.05) is 6.92 Å². The minimum absolute atomic E-state index is 0.0265. The van der Waals surface area contributed by atoms with Gasteiger partial charge in [-0.15, -0.1) is 0 Å². The first-order chi connectivity index (χ1) is 7.13. The molecule has 0 aliphatic heterocycles. The summed E-state index contributed by atoms with van der Waals surface area (Å²) < 4.78 is 0. The number of carboxylic acid groups (broad SMARTS) is 1. The number of rotatable bonds is 3. The van der Waals surface area contributed by atoms with E-state index in [1.54, 1.807) is 6.92 Å². The molecular formula is C11H9NO3. The highest BCUT2D eigenvalue weighted by Gasteiger charge is 2.14. The number of aromatic carboxylic acids is 1. The van der Waals surface area contributed by atoms with Crippen LogP contribution in [-0.4, -0.2) is 17.4 Å². The zero-order valence-corrected chi connectivity index (χ0v) is 8.15. The topological polar surface area (TPSA) is 78.2 Å². The molecule has 0 atom stereocenters. The summed E-state index contributed by atoms with van der Waals surface area (Å²) in [6.45, 7) is 1.76. The van der Waals surface area contributed by atoms with Crippen LogP contribution in [0.2, 0.25) is 0 Å². The van der Waals surface area contributed by atoms with Gasteiger partial charge in [-0.05, 0) is 24.1 Å². The lowest BCUT2D eigenvalue weighted by Crippen LogP contribution is -2.06. The summed E-state index contributed by atoms with van der Waals surface area (Å²) in [6.07, 6.45) is 1.02. The molecule has 0 aliphatic rings. The summed E-state index contributed by atoms with van der Waals surface area (Å²) in [5.74, 6) is -1.12. The van der Waals surface area contributed by atoms with Crippen LogP contribution in [0.3, 0.4) is 0 Å². The van der Waals surface area contributed by atoms with Crippen molar-refractivity contribution < 1.29 is 14.7 Å². The van der Waals surface area contributed by atoms with Gasteiger partial charge in [0.05, 0.1) is 17.2 Å². The molecule has 1 aromatic carbocycles. The Morgan fingerprint density at radius 2 is 2.27 bits per heavy atom. The Bertz CT molecular complexity index is 458. The van der Waals surface area contributed by atoms with Crippen molar-refractivity contribution in [3.05, 3.63) is 34.4 Å². The number of hydrogen-bond acceptors (Lipinski definition) is 3. The van der Waals surface area contributed by atoms with E-state index in [2.05, 4.69) is 0 Å². The van der Waals surface area contributed by atoms with Gasteiger partial charge >= 0.3 is 5.97 Å². The molecule has 4 nitrogen and oxygen atoms in total. The molecule has 0 amide bonds. The summed E-state index contributed by atoms with van der Waals surface area (Å²) >= 11 is 0. The average Bonchev–Trinajstić information content (AvgIpc) is 2.26. The van der Waals surface area contributed by atoms with Crippen molar-refractivity contribution in [2.75, 3.05) is 0 Å². The minimum atomic E-state index is -1.12. The molecule has 1 N–H and O–H groups in total. The molecule has 0 saturated carbocycles. The van der Waals surface area contributed by atoms with Crippen LogP contribution in [0.4, 0.5) is 0 Å². The van der Waals surface area contributed by atoms with Gasteiger partial charge in [0, 0.05) is 5.56 Å². The summed E-state index contributed by atoms with van der Waals surface area (Å²) in [6, 6.07) is 4.51. The van der Waals surface area contributed by atoms with Gasteiger partial charge in [0.15, 0.2) is 0 Å². The Labute approximate surface area is 86.8 Å². The third-order valence-corrected chi connectivity index (χ3v) is 2.12. The van der Waals surface area contributed by atoms with E-state index in [1.807, 2.05) is 6.07 Å². The number of benzene rings is 1. The SMILES string of the molecule is CCc1c(C=O)cc(C#N)cc1C(=O)O. The Hall–Kier alpha value is -2.15. The monoisotopic (exact) mass is 203 g/mol. The number of carbonyl (C=O) groups is 2. The third kappa shape index (κ3) is 2.02. The molecule has 0 heterocycles. The van der Waals surface area contributed by atoms with Gasteiger partial charge < -0.3 is 5.11 Å². The van der Waals surface area contributed by atoms with Crippen LogP contribution in [0.5, 0.6) is 0 Å². The first-order valence-corrected chi connectivity index (χ1v) is 4.39. The minimum Gasteiger partial charge on any atom is -0.478 e. The highest BCUT2D eigenvalue weighted by atomic mass is 16.4. The number of carbonyl (C=O) groups excluding carboxylic acids is 1. The first-order valence-electron chi connectivity index (χ1n) is 4.39. The van der Waals surface area contributed by atoms with E-state index in [-0.39, 0.29) is 16.7 Å². The molecule has 15 heavy (non-hydrogen) atoms. The van der Waals surface area contributed by atoms with E-state index in [4.69, 9.17) is 10.4 Å². The number of carboxylic acids is 1. The van der Waals surface area contributed by atoms with Crippen molar-refractivity contribution in [1.29, 1.82) is 5.26 Å². The molecule has 1 rings (SSSR count). The second-order valence-electron chi connectivity index (χ2n) is 2.98. The maximum Gasteiger partial charge on any atom is 0.336 e. The van der Waals surface area contributed by atoms with Gasteiger partial charge in [-0.2, -0.15) is 5.26 Å². The first kappa shape index (κ1) is 10.9. The van der Waals surface area contributed by atoms with Crippen LogP contribution in [0.25, 0.3) is 0 Å². The van der Waals surface area contributed by atoms with Crippen LogP contribution < -0.4 is 0 Å². The van der Waals surface area contributed by atoms with E-state index >= 15 is 0 Å². The molecule has 0 saturated heterocycles. The smallest absolute Gasteiger partial charge is 0.336 e. The fraction of sp³-hybridized carbons (Fsp3) is 0.182. The van der Waals surface area contributed by atoms with Crippen molar-refractivity contribution in [1.82, 2.24) is 0 Å². The summed E-state index contributed by atoms with van der Waals surface area (Å²) in [7, 11) is 0. The van der Waals surface area contributed by atoms with E-state index in [9.17, 15) is 9.59 Å². The van der Waals surface area contributed by atoms with Gasteiger partial charge in [-0.3, -0.25) is 4.79 Å². The van der Waals surface area contributed by atoms with Gasteiger partial charge in [-0.25, -0.2) is 4.79 Å². The lowest BCUT2D eigenvalue weighted by atomic mass is 9.97. The lowest BCUT2D eigenvalue weighted by molar-refractivity contribution is 0.0695. The molecule has 1 aromatic rings. The highest BCUT2D eigenvalue weighted by molar-refractivity contribution is 5.93. The molecule has 0 aromatic heterocycles. The Kier molecular flexibility index (Phi) is 3.19. The number of nitrogens with zero attached hydrogens (tertiary/aromatic N) is 1. The zero-order chi connectivity index (χ0) is 11.4. The van der Waals surface area contributed by atoms with Crippen LogP contribution in [-0.2, 0) is 6.42 Å². The van der Waals surface area contributed by atoms with Crippen molar-refractivity contribution in [2.24, 2.45) is 0 Å². The summed E-state index contributed by atoms with van der Waals surface area (Å²) in [5, 5.41) is 17.6. The van der Waals surface area contributed by atoms with Gasteiger partial charge in [0.1, 0.15) is 6.29 Å². The third-order valence-electron chi connectivity index (χ3n) is 2.12. The largest absolute Gasteiger partial charge is 0.478 e. The number of aldehydes is 1. The molecule has 76 valence electrons. The standard InChI is InChI=1S/C11H9NO3/c1-2-9-8(6-13)3-7(5-12)4-10(9)11(14)15/h3-4,6H,2H2,1H3,(H,14,15). The molecule has 4 heteroatoms. The second-order valence-corrected chi connectivity index (χ2v) is 2.98. The van der Waals surface area contributed by atoms with Crippen molar-refractivity contribution in [2.45, 2.75) is 13.3 Å². The molecule has 0 radical (unpaired) electrons. The van der Waals surface area contributed by atoms with E-state index in [0.717, 1.165) is 0 Å². The Morgan fingerprint density at radius 1 is 1.60 bits per heavy atom. The molecule has 0 unspecified atom stereocenters. The van der Waals surface area contributed by atoms with E-state index < -0.39 is 5.97 Å². The zero-order valence-electron chi connectivity index (χ0n) is 8.15. The van der Waals surface area contributed by atoms with Gasteiger partial charge in [0.2, 0.25) is 0 Å². The van der Waals surface area contributed by atoms with Crippen LogP contribution >= 0.6 is 0 Å².